The predicted octanol–water partition coefficient (Wildman–Crippen LogP) is 3.25. The summed E-state index contributed by atoms with van der Waals surface area (Å²) in [6.45, 7) is 7.64. The quantitative estimate of drug-likeness (QED) is 0.682. The van der Waals surface area contributed by atoms with Gasteiger partial charge in [-0.3, -0.25) is 0 Å². The first kappa shape index (κ1) is 21.9. The number of sulfonamides is 1. The maximum atomic E-state index is 12.8. The smallest absolute Gasteiger partial charge is 0.343 e. The summed E-state index contributed by atoms with van der Waals surface area (Å²) in [4.78, 5) is 11.5. The minimum Gasteiger partial charge on any atom is -0.482 e. The molecule has 0 bridgehead atoms. The third-order valence-corrected chi connectivity index (χ3v) is 6.21. The molecular weight excluding hydrogens is 378 g/mol. The Hall–Kier alpha value is -2.38. The van der Waals surface area contributed by atoms with Gasteiger partial charge in [0, 0.05) is 6.54 Å². The van der Waals surface area contributed by atoms with Crippen LogP contribution in [0.25, 0.3) is 0 Å². The average molecular weight is 406 g/mol. The minimum absolute atomic E-state index is 0.0320. The number of benzene rings is 2. The normalized spacial score (nSPS) is 12.5. The number of carbonyl (C=O) groups excluding carboxylic acids is 1. The Bertz CT molecular complexity index is 913. The van der Waals surface area contributed by atoms with Crippen molar-refractivity contribution in [1.82, 2.24) is 4.72 Å². The molecule has 28 heavy (non-hydrogen) atoms. The lowest BCUT2D eigenvalue weighted by Gasteiger charge is -2.16. The first-order valence-electron chi connectivity index (χ1n) is 9.01. The van der Waals surface area contributed by atoms with Crippen molar-refractivity contribution in [3.05, 3.63) is 58.7 Å². The van der Waals surface area contributed by atoms with E-state index in [-0.39, 0.29) is 19.1 Å². The van der Waals surface area contributed by atoms with Crippen LogP contribution >= 0.6 is 0 Å². The molecule has 1 unspecified atom stereocenters. The van der Waals surface area contributed by atoms with E-state index in [1.807, 2.05) is 52.0 Å². The fourth-order valence-corrected chi connectivity index (χ4v) is 4.69. The molecule has 7 heteroatoms. The van der Waals surface area contributed by atoms with Gasteiger partial charge in [-0.15, -0.1) is 0 Å². The number of rotatable bonds is 8. The van der Waals surface area contributed by atoms with Gasteiger partial charge in [-0.25, -0.2) is 17.9 Å². The average Bonchev–Trinajstić information content (AvgIpc) is 2.63. The molecule has 0 heterocycles. The third kappa shape index (κ3) is 5.56. The monoisotopic (exact) mass is 405 g/mol. The SMILES string of the molecule is COC(=O)COc1ccc(C(C)CNS(=O)(=O)c2c(C)cc(C)cc2C)cc1. The van der Waals surface area contributed by atoms with Crippen molar-refractivity contribution in [3.8, 4) is 5.75 Å². The summed E-state index contributed by atoms with van der Waals surface area (Å²) in [6, 6.07) is 11.0. The largest absolute Gasteiger partial charge is 0.482 e. The van der Waals surface area contributed by atoms with Crippen LogP contribution in [-0.4, -0.2) is 34.6 Å². The van der Waals surface area contributed by atoms with Crippen LogP contribution in [0.4, 0.5) is 0 Å². The van der Waals surface area contributed by atoms with Crippen LogP contribution in [0.2, 0.25) is 0 Å². The molecule has 0 aliphatic rings. The number of carbonyl (C=O) groups is 1. The zero-order valence-corrected chi connectivity index (χ0v) is 17.7. The maximum Gasteiger partial charge on any atom is 0.343 e. The van der Waals surface area contributed by atoms with Gasteiger partial charge in [-0.2, -0.15) is 0 Å². The van der Waals surface area contributed by atoms with Gasteiger partial charge in [-0.05, 0) is 55.5 Å². The second-order valence-corrected chi connectivity index (χ2v) is 8.62. The Kier molecular flexibility index (Phi) is 7.21. The number of hydrogen-bond donors (Lipinski definition) is 1. The Morgan fingerprint density at radius 2 is 1.64 bits per heavy atom. The van der Waals surface area contributed by atoms with E-state index in [4.69, 9.17) is 4.74 Å². The summed E-state index contributed by atoms with van der Waals surface area (Å²) in [5.41, 5.74) is 3.48. The molecule has 0 saturated carbocycles. The predicted molar refractivity (Wildman–Crippen MR) is 108 cm³/mol. The van der Waals surface area contributed by atoms with Gasteiger partial charge in [0.15, 0.2) is 6.61 Å². The molecule has 1 N–H and O–H groups in total. The zero-order valence-electron chi connectivity index (χ0n) is 16.9. The van der Waals surface area contributed by atoms with Gasteiger partial charge in [0.2, 0.25) is 10.0 Å². The van der Waals surface area contributed by atoms with Crippen molar-refractivity contribution in [2.75, 3.05) is 20.3 Å². The zero-order chi connectivity index (χ0) is 20.9. The highest BCUT2D eigenvalue weighted by Crippen LogP contribution is 2.23. The van der Waals surface area contributed by atoms with Crippen LogP contribution in [0.3, 0.4) is 0 Å². The third-order valence-electron chi connectivity index (χ3n) is 4.49. The fraction of sp³-hybridized carbons (Fsp3) is 0.381. The molecule has 0 aliphatic carbocycles. The summed E-state index contributed by atoms with van der Waals surface area (Å²) in [6.07, 6.45) is 0. The van der Waals surface area contributed by atoms with E-state index < -0.39 is 16.0 Å². The van der Waals surface area contributed by atoms with E-state index in [0.29, 0.717) is 10.6 Å². The molecule has 0 amide bonds. The van der Waals surface area contributed by atoms with Gasteiger partial charge in [0.25, 0.3) is 0 Å². The fourth-order valence-electron chi connectivity index (χ4n) is 3.11. The number of aryl methyl sites for hydroxylation is 3. The molecule has 1 atom stereocenters. The van der Waals surface area contributed by atoms with Crippen LogP contribution in [0.15, 0.2) is 41.3 Å². The van der Waals surface area contributed by atoms with Crippen LogP contribution in [-0.2, 0) is 19.6 Å². The summed E-state index contributed by atoms with van der Waals surface area (Å²) in [5, 5.41) is 0. The van der Waals surface area contributed by atoms with Gasteiger partial charge in [-0.1, -0.05) is 36.8 Å². The molecule has 0 spiro atoms. The first-order chi connectivity index (χ1) is 13.1. The lowest BCUT2D eigenvalue weighted by molar-refractivity contribution is -0.142. The van der Waals surface area contributed by atoms with Crippen molar-refractivity contribution in [2.45, 2.75) is 38.5 Å². The Balaban J connectivity index is 2.03. The number of hydrogen-bond acceptors (Lipinski definition) is 5. The number of methoxy groups -OCH3 is 1. The number of esters is 1. The molecule has 0 saturated heterocycles. The molecule has 2 aromatic rings. The number of nitrogens with one attached hydrogen (secondary N) is 1. The van der Waals surface area contributed by atoms with Crippen LogP contribution in [0.5, 0.6) is 5.75 Å². The van der Waals surface area contributed by atoms with E-state index in [1.54, 1.807) is 12.1 Å². The van der Waals surface area contributed by atoms with E-state index >= 15 is 0 Å². The first-order valence-corrected chi connectivity index (χ1v) is 10.5. The Labute approximate surface area is 166 Å². The summed E-state index contributed by atoms with van der Waals surface area (Å²) in [5.74, 6) is 0.0665. The van der Waals surface area contributed by atoms with Gasteiger partial charge in [0.05, 0.1) is 12.0 Å². The van der Waals surface area contributed by atoms with Crippen molar-refractivity contribution < 1.29 is 22.7 Å². The summed E-state index contributed by atoms with van der Waals surface area (Å²) < 4.78 is 38.1. The highest BCUT2D eigenvalue weighted by atomic mass is 32.2. The molecule has 0 aliphatic heterocycles. The van der Waals surface area contributed by atoms with Crippen LogP contribution in [0.1, 0.15) is 35.1 Å². The molecule has 6 nitrogen and oxygen atoms in total. The topological polar surface area (TPSA) is 81.7 Å². The molecular formula is C21H27NO5S. The minimum atomic E-state index is -3.60. The molecule has 2 rings (SSSR count). The van der Waals surface area contributed by atoms with E-state index in [0.717, 1.165) is 22.3 Å². The lowest BCUT2D eigenvalue weighted by atomic mass is 10.0. The van der Waals surface area contributed by atoms with E-state index in [1.165, 1.54) is 7.11 Å². The Morgan fingerprint density at radius 1 is 1.07 bits per heavy atom. The van der Waals surface area contributed by atoms with Gasteiger partial charge >= 0.3 is 5.97 Å². The standard InChI is InChI=1S/C21H27NO5S/c1-14-10-15(2)21(16(3)11-14)28(24,25)22-12-17(4)18-6-8-19(9-7-18)27-13-20(23)26-5/h6-11,17,22H,12-13H2,1-5H3. The number of ether oxygens (including phenoxy) is 2. The molecule has 0 radical (unpaired) electrons. The summed E-state index contributed by atoms with van der Waals surface area (Å²) in [7, 11) is -2.29. The van der Waals surface area contributed by atoms with Gasteiger partial charge in [0.1, 0.15) is 5.75 Å². The molecule has 152 valence electrons. The van der Waals surface area contributed by atoms with Crippen LogP contribution < -0.4 is 9.46 Å². The Morgan fingerprint density at radius 3 is 2.18 bits per heavy atom. The lowest BCUT2D eigenvalue weighted by Crippen LogP contribution is -2.29. The molecule has 0 aromatic heterocycles. The van der Waals surface area contributed by atoms with Gasteiger partial charge < -0.3 is 9.47 Å². The summed E-state index contributed by atoms with van der Waals surface area (Å²) >= 11 is 0. The van der Waals surface area contributed by atoms with E-state index in [9.17, 15) is 13.2 Å². The highest BCUT2D eigenvalue weighted by Gasteiger charge is 2.20. The second-order valence-electron chi connectivity index (χ2n) is 6.91. The highest BCUT2D eigenvalue weighted by molar-refractivity contribution is 7.89. The molecule has 0 fully saturated rings. The van der Waals surface area contributed by atoms with Crippen molar-refractivity contribution in [3.63, 3.8) is 0 Å². The molecule has 2 aromatic carbocycles. The van der Waals surface area contributed by atoms with Crippen molar-refractivity contribution >= 4 is 16.0 Å². The van der Waals surface area contributed by atoms with Crippen molar-refractivity contribution in [1.29, 1.82) is 0 Å². The van der Waals surface area contributed by atoms with Crippen molar-refractivity contribution in [2.24, 2.45) is 0 Å². The van der Waals surface area contributed by atoms with Crippen LogP contribution in [0, 0.1) is 20.8 Å². The van der Waals surface area contributed by atoms with E-state index in [2.05, 4.69) is 9.46 Å². The maximum absolute atomic E-state index is 12.8. The second kappa shape index (κ2) is 9.21.